The average Bonchev–Trinajstić information content (AvgIpc) is 0.655. The lowest BCUT2D eigenvalue weighted by molar-refractivity contribution is -0.130. The number of fused-ring (bicyclic) bond motifs is 18. The van der Waals surface area contributed by atoms with Crippen LogP contribution >= 0.6 is 0 Å². The molecule has 6 aromatic carbocycles. The fraction of sp³-hybridized carbons (Fsp3) is 0.650. The third-order valence-electron chi connectivity index (χ3n) is 25.2. The smallest absolute Gasteiger partial charge is 0.161 e. The second-order valence-corrected chi connectivity index (χ2v) is 44.0. The molecule has 792 valence electrons. The molecule has 12 aliphatic heterocycles. The molecule has 0 saturated carbocycles. The zero-order valence-corrected chi connectivity index (χ0v) is 86.0. The summed E-state index contributed by atoms with van der Waals surface area (Å²) >= 11 is 0. The third-order valence-corrected chi connectivity index (χ3v) is 25.2. The van der Waals surface area contributed by atoms with Crippen molar-refractivity contribution in [2.24, 2.45) is 67.9 Å². The molecule has 144 heavy (non-hydrogen) atoms. The second kappa shape index (κ2) is 46.6. The highest BCUT2D eigenvalue weighted by molar-refractivity contribution is 5.87. The molecule has 24 nitrogen and oxygen atoms in total. The summed E-state index contributed by atoms with van der Waals surface area (Å²) in [7, 11) is -10.0. The zero-order valence-electron chi connectivity index (χ0n) is 144. The van der Waals surface area contributed by atoms with Crippen LogP contribution in [0, 0.1) is 67.9 Å². The topological polar surface area (TPSA) is 233 Å². The predicted octanol–water partition coefficient (Wildman–Crippen LogP) is 21.8. The van der Waals surface area contributed by atoms with Crippen LogP contribution < -0.4 is 56.8 Å². The molecular weight excluding hydrogens is 1810 g/mol. The Kier molecular flexibility index (Phi) is 18.6. The van der Waals surface area contributed by atoms with Crippen molar-refractivity contribution in [1.29, 1.82) is 0 Å². The van der Waals surface area contributed by atoms with E-state index in [2.05, 4.69) is 0 Å². The number of hydrogen-bond acceptors (Lipinski definition) is 24. The summed E-state index contributed by atoms with van der Waals surface area (Å²) in [5.74, 6) is -15.9. The Balaban J connectivity index is 0.000000195. The maximum Gasteiger partial charge on any atom is 0.161 e. The quantitative estimate of drug-likeness (QED) is 0.0778. The van der Waals surface area contributed by atoms with Crippen LogP contribution in [0.4, 0.5) is 0 Å². The van der Waals surface area contributed by atoms with Gasteiger partial charge >= 0.3 is 0 Å². The van der Waals surface area contributed by atoms with Crippen molar-refractivity contribution in [2.75, 3.05) is 163 Å². The number of ketones is 6. The molecule has 12 aliphatic rings. The Morgan fingerprint density at radius 1 is 0.250 bits per heavy atom. The molecule has 0 bridgehead atoms. The molecule has 0 amide bonds. The zero-order chi connectivity index (χ0) is 156. The minimum atomic E-state index is -3.12. The summed E-state index contributed by atoms with van der Waals surface area (Å²) in [5.41, 5.74) is -4.46. The van der Waals surface area contributed by atoms with Crippen molar-refractivity contribution < 1.29 is 165 Å². The third kappa shape index (κ3) is 27.2. The second-order valence-electron chi connectivity index (χ2n) is 44.0. The molecule has 0 unspecified atom stereocenters. The van der Waals surface area contributed by atoms with Crippen LogP contribution in [-0.4, -0.2) is 227 Å². The molecule has 12 heterocycles. The molecule has 24 heteroatoms. The number of Topliss-reactive ketones (excluding diaryl/α,β-unsaturated/α-hetero) is 6. The molecule has 18 rings (SSSR count). The molecule has 6 fully saturated rings. The highest BCUT2D eigenvalue weighted by atomic mass is 16.5. The summed E-state index contributed by atoms with van der Waals surface area (Å²) in [5, 5.41) is 0. The SMILES string of the molecule is [2H]C([2H])([2H])Oc1cc2c(cc1OC([2H])([2H])[2H])C([2H])([2H])C([2H])([2H])N1C[C@]([2H])(CC(C)(C)C)C(=O)C([2H])([2H])[C@@H]21.[2H]C([2H])([2H])Oc1cc2c(cc1OC([2H])([2H])[2H])C([2H])([2H])C([2H])([2H])N1[C@H]2CC(=O)[C@@H](CC(C)(C)C)C1([2H])[2H].[2H]C([2H])([2H])Oc1cc2c(cc1OC)C([2H])([2H])C([2H])([2H])N1[C@H]2CC(=O)[C@@H](CC(C)(C)C)C1([2H])[2H].[2H]C([2H])([2H])Oc1cc2c(cc1OC)[C@@H]1CC(=O)[C@@H](CC(C)(C)C)C([2H])([2H])N1C([2H])([2H])C2([2H])[2H].[2H]C1([2H])C(=O)[C@@]([2H])(CC(C)(C)C)C([2H])([2H])N2[C@@H]1c1cc(OC)c(OC)cc1C([2H])([2H])C2([2H])[2H].[2H]C1([2H])[C@H](CC(C)(C)C)C(=O)C[C@H]2c3cc(OC)c(OC)cc3C([2H])([2H])C([2H])([2H])N21. The van der Waals surface area contributed by atoms with Gasteiger partial charge in [-0.05, 0) is 249 Å². The fourth-order valence-corrected chi connectivity index (χ4v) is 18.7. The van der Waals surface area contributed by atoms with E-state index in [1.807, 2.05) is 83.1 Å². The summed E-state index contributed by atoms with van der Waals surface area (Å²) in [4.78, 5) is 83.9. The minimum Gasteiger partial charge on any atom is -0.493 e. The molecule has 6 saturated heterocycles. The van der Waals surface area contributed by atoms with Gasteiger partial charge < -0.3 is 56.8 Å². The van der Waals surface area contributed by atoms with E-state index in [1.165, 1.54) is 85.1 Å². The van der Waals surface area contributed by atoms with Gasteiger partial charge in [-0.1, -0.05) is 125 Å². The van der Waals surface area contributed by atoms with Crippen LogP contribution in [0.15, 0.2) is 72.8 Å². The number of hydrogen-bond donors (Lipinski definition) is 0. The van der Waals surface area contributed by atoms with E-state index in [0.29, 0.717) is 21.1 Å². The van der Waals surface area contributed by atoms with Gasteiger partial charge in [-0.3, -0.25) is 58.2 Å². The summed E-state index contributed by atoms with van der Waals surface area (Å²) in [6.07, 6.45) is -23.3. The van der Waals surface area contributed by atoms with E-state index in [1.54, 1.807) is 41.5 Å². The van der Waals surface area contributed by atoms with Gasteiger partial charge in [-0.25, -0.2) is 0 Å². The summed E-state index contributed by atoms with van der Waals surface area (Å²) in [6.45, 7) is 1.49. The van der Waals surface area contributed by atoms with E-state index in [-0.39, 0.29) is 171 Å². The minimum absolute atomic E-state index is 0.0343. The van der Waals surface area contributed by atoms with Gasteiger partial charge in [-0.2, -0.15) is 0 Å². The van der Waals surface area contributed by atoms with Gasteiger partial charge in [0.2, 0.25) is 0 Å². The van der Waals surface area contributed by atoms with E-state index in [4.69, 9.17) is 136 Å². The van der Waals surface area contributed by atoms with Gasteiger partial charge in [-0.15, -0.1) is 0 Å². The number of rotatable bonds is 18. The summed E-state index contributed by atoms with van der Waals surface area (Å²) in [6, 6.07) is 5.55. The lowest BCUT2D eigenvalue weighted by atomic mass is 9.76. The Morgan fingerprint density at radius 2 is 0.438 bits per heavy atom. The van der Waals surface area contributed by atoms with Crippen LogP contribution in [0.25, 0.3) is 0 Å². The molecular formula is C120H174N6O18. The number of methoxy groups -OCH3 is 12. The monoisotopic (exact) mass is 2050 g/mol. The van der Waals surface area contributed by atoms with E-state index >= 15 is 0 Å². The maximum absolute atomic E-state index is 13.5. The number of benzene rings is 6. The highest BCUT2D eigenvalue weighted by Gasteiger charge is 2.48. The standard InChI is InChI=1S/6C20H29NO3/c6*1-20(2,3)11-14-12-21-7-6-13-8-18(23-4)19(24-5)9-15(13)16(21)10-17(14)22/h6*8-9,14,16H,6-7,10-12H2,1-5H3/t6*14-,16-/m000000/s1/i4D3,5D3,6D2,7D2,10D2,14D;6D2,7D2,10D2,12D2,14D;4D3,5D3,6D2,7D2,12D2;5D3,6D2,7D2,12D2;4D3,6D2,7D2,12D2;6D2,7D2,12D2. The first-order valence-corrected chi connectivity index (χ1v) is 47.3. The summed E-state index contributed by atoms with van der Waals surface area (Å²) < 4.78 is 542. The lowest BCUT2D eigenvalue weighted by Gasteiger charge is -2.44. The van der Waals surface area contributed by atoms with Crippen LogP contribution in [0.3, 0.4) is 0 Å². The van der Waals surface area contributed by atoms with E-state index < -0.39 is 328 Å². The molecule has 12 atom stereocenters. The van der Waals surface area contributed by atoms with Crippen molar-refractivity contribution in [3.8, 4) is 69.0 Å². The number of carbonyl (C=O) groups is 6. The number of nitrogens with zero attached hydrogens (tertiary/aromatic N) is 6. The lowest BCUT2D eigenvalue weighted by Crippen LogP contribution is -2.47. The first-order valence-electron chi connectivity index (χ1n) is 76.3. The fourth-order valence-electron chi connectivity index (χ4n) is 18.7. The van der Waals surface area contributed by atoms with E-state index in [0.717, 1.165) is 49.9 Å². The van der Waals surface area contributed by atoms with Crippen LogP contribution in [0.1, 0.15) is 384 Å². The Morgan fingerprint density at radius 3 is 0.667 bits per heavy atom. The van der Waals surface area contributed by atoms with Crippen molar-refractivity contribution in [3.05, 3.63) is 140 Å². The van der Waals surface area contributed by atoms with Crippen molar-refractivity contribution in [1.82, 2.24) is 29.4 Å². The largest absolute Gasteiger partial charge is 0.493 e. The molecule has 0 radical (unpaired) electrons. The van der Waals surface area contributed by atoms with E-state index in [9.17, 15) is 28.8 Å². The van der Waals surface area contributed by atoms with Gasteiger partial charge in [0.15, 0.2) is 69.0 Å². The number of carbonyl (C=O) groups excluding carboxylic acids is 6. The normalized spacial score (nSPS) is 38.4. The van der Waals surface area contributed by atoms with Crippen molar-refractivity contribution in [2.45, 2.75) is 276 Å². The van der Waals surface area contributed by atoms with Crippen molar-refractivity contribution >= 4 is 34.7 Å². The van der Waals surface area contributed by atoms with Gasteiger partial charge in [0.1, 0.15) is 34.7 Å². The Hall–Kier alpha value is -9.30. The Bertz CT molecular complexity index is 8330. The van der Waals surface area contributed by atoms with Crippen LogP contribution in [0.5, 0.6) is 69.0 Å². The molecule has 0 aromatic heterocycles. The Labute approximate surface area is 943 Å². The maximum atomic E-state index is 13.5. The number of piperidine rings is 6. The first kappa shape index (κ1) is 57.5. The van der Waals surface area contributed by atoms with Crippen molar-refractivity contribution in [3.63, 3.8) is 0 Å². The van der Waals surface area contributed by atoms with Gasteiger partial charge in [0, 0.05) is 243 Å². The molecule has 6 aromatic rings. The number of aryl methyl sites for hydroxylation is 6. The van der Waals surface area contributed by atoms with Crippen LogP contribution in [0.2, 0.25) is 0 Å². The predicted molar refractivity (Wildman–Crippen MR) is 569 cm³/mol. The molecule has 0 aliphatic carbocycles. The number of ether oxygens (including phenoxy) is 12. The average molecular weight is 2050 g/mol. The first-order chi connectivity index (χ1) is 89.9. The van der Waals surface area contributed by atoms with Crippen LogP contribution in [-0.2, 0) is 67.0 Å². The molecule has 0 N–H and O–H groups in total. The van der Waals surface area contributed by atoms with Gasteiger partial charge in [0.05, 0.1) is 110 Å². The van der Waals surface area contributed by atoms with Gasteiger partial charge in [0.25, 0.3) is 0 Å². The highest BCUT2D eigenvalue weighted by Crippen LogP contribution is 2.53. The molecule has 0 spiro atoms.